The summed E-state index contributed by atoms with van der Waals surface area (Å²) in [6.07, 6.45) is 18.7. The van der Waals surface area contributed by atoms with Crippen LogP contribution >= 0.6 is 0 Å². The fourth-order valence-electron chi connectivity index (χ4n) is 2.24. The topological polar surface area (TPSA) is 37.3 Å². The normalized spacial score (nSPS) is 10.8. The monoisotopic (exact) mass is 268 g/mol. The SMILES string of the molecule is [CH2]CCCCCCCCC[CH]CCCCCC(=O)O. The van der Waals surface area contributed by atoms with Crippen molar-refractivity contribution >= 4 is 5.97 Å². The van der Waals surface area contributed by atoms with Gasteiger partial charge in [0.2, 0.25) is 0 Å². The first kappa shape index (κ1) is 18.5. The third-order valence-electron chi connectivity index (χ3n) is 3.46. The van der Waals surface area contributed by atoms with Gasteiger partial charge in [0.15, 0.2) is 0 Å². The fraction of sp³-hybridized carbons (Fsp3) is 0.824. The lowest BCUT2D eigenvalue weighted by molar-refractivity contribution is -0.137. The predicted octanol–water partition coefficient (Wildman–Crippen LogP) is 5.57. The zero-order valence-electron chi connectivity index (χ0n) is 12.5. The molecule has 0 rings (SSSR count). The Kier molecular flexibility index (Phi) is 15.1. The van der Waals surface area contributed by atoms with Crippen LogP contribution < -0.4 is 0 Å². The van der Waals surface area contributed by atoms with Crippen LogP contribution in [0.15, 0.2) is 0 Å². The van der Waals surface area contributed by atoms with Gasteiger partial charge in [0.05, 0.1) is 0 Å². The molecular formula is C17H32O2. The molecule has 2 heteroatoms. The molecule has 0 saturated carbocycles. The van der Waals surface area contributed by atoms with Crippen LogP contribution in [-0.4, -0.2) is 11.1 Å². The van der Waals surface area contributed by atoms with Crippen molar-refractivity contribution in [3.8, 4) is 0 Å². The molecule has 0 heterocycles. The number of carboxylic acid groups (broad SMARTS) is 1. The van der Waals surface area contributed by atoms with Crippen molar-refractivity contribution in [3.63, 3.8) is 0 Å². The maximum atomic E-state index is 10.3. The van der Waals surface area contributed by atoms with E-state index in [4.69, 9.17) is 5.11 Å². The van der Waals surface area contributed by atoms with Crippen molar-refractivity contribution < 1.29 is 9.90 Å². The third-order valence-corrected chi connectivity index (χ3v) is 3.46. The maximum absolute atomic E-state index is 10.3. The molecule has 0 saturated heterocycles. The third kappa shape index (κ3) is 17.5. The van der Waals surface area contributed by atoms with Gasteiger partial charge in [0.25, 0.3) is 0 Å². The quantitative estimate of drug-likeness (QED) is 0.394. The molecule has 0 unspecified atom stereocenters. The van der Waals surface area contributed by atoms with Crippen LogP contribution in [0.2, 0.25) is 0 Å². The summed E-state index contributed by atoms with van der Waals surface area (Å²) in [5.74, 6) is -0.667. The Morgan fingerprint density at radius 2 is 1.26 bits per heavy atom. The molecule has 0 aliphatic carbocycles. The van der Waals surface area contributed by atoms with E-state index in [1.165, 1.54) is 51.4 Å². The van der Waals surface area contributed by atoms with Crippen molar-refractivity contribution in [2.75, 3.05) is 0 Å². The van der Waals surface area contributed by atoms with Crippen LogP contribution in [-0.2, 0) is 4.79 Å². The van der Waals surface area contributed by atoms with E-state index in [2.05, 4.69) is 13.3 Å². The van der Waals surface area contributed by atoms with Crippen LogP contribution in [0, 0.1) is 13.3 Å². The molecule has 0 bridgehead atoms. The lowest BCUT2D eigenvalue weighted by Gasteiger charge is -2.02. The summed E-state index contributed by atoms with van der Waals surface area (Å²) in [5.41, 5.74) is 0. The second-order valence-electron chi connectivity index (χ2n) is 5.40. The Labute approximate surface area is 120 Å². The summed E-state index contributed by atoms with van der Waals surface area (Å²) in [7, 11) is 0. The molecule has 2 nitrogen and oxygen atoms in total. The summed E-state index contributed by atoms with van der Waals surface area (Å²) in [4.78, 5) is 10.3. The van der Waals surface area contributed by atoms with E-state index >= 15 is 0 Å². The Hall–Kier alpha value is -0.530. The van der Waals surface area contributed by atoms with E-state index in [0.29, 0.717) is 6.42 Å². The summed E-state index contributed by atoms with van der Waals surface area (Å²) in [6, 6.07) is 0. The lowest BCUT2D eigenvalue weighted by Crippen LogP contribution is -1.93. The lowest BCUT2D eigenvalue weighted by atomic mass is 10.0. The number of carboxylic acids is 1. The Morgan fingerprint density at radius 1 is 0.789 bits per heavy atom. The number of unbranched alkanes of at least 4 members (excludes halogenated alkanes) is 13. The molecule has 0 fully saturated rings. The van der Waals surface area contributed by atoms with Crippen molar-refractivity contribution in [1.82, 2.24) is 0 Å². The molecule has 0 spiro atoms. The summed E-state index contributed by atoms with van der Waals surface area (Å²) in [5, 5.41) is 8.49. The molecule has 2 radical (unpaired) electrons. The smallest absolute Gasteiger partial charge is 0.303 e. The van der Waals surface area contributed by atoms with Crippen molar-refractivity contribution in [2.24, 2.45) is 0 Å². The van der Waals surface area contributed by atoms with E-state index in [1.807, 2.05) is 0 Å². The number of aliphatic carboxylic acids is 1. The molecule has 0 aromatic rings. The first-order valence-corrected chi connectivity index (χ1v) is 8.10. The second kappa shape index (κ2) is 15.5. The Morgan fingerprint density at radius 3 is 1.79 bits per heavy atom. The molecule has 112 valence electrons. The number of carbonyl (C=O) groups is 1. The molecule has 0 aromatic carbocycles. The van der Waals surface area contributed by atoms with E-state index in [1.54, 1.807) is 0 Å². The fourth-order valence-corrected chi connectivity index (χ4v) is 2.24. The molecule has 0 atom stereocenters. The van der Waals surface area contributed by atoms with Gasteiger partial charge in [0, 0.05) is 6.42 Å². The van der Waals surface area contributed by atoms with E-state index < -0.39 is 5.97 Å². The highest BCUT2D eigenvalue weighted by atomic mass is 16.4. The molecule has 0 aliphatic heterocycles. The van der Waals surface area contributed by atoms with E-state index in [0.717, 1.165) is 32.1 Å². The number of hydrogen-bond acceptors (Lipinski definition) is 1. The highest BCUT2D eigenvalue weighted by molar-refractivity contribution is 5.66. The highest BCUT2D eigenvalue weighted by Crippen LogP contribution is 2.12. The van der Waals surface area contributed by atoms with E-state index in [-0.39, 0.29) is 0 Å². The van der Waals surface area contributed by atoms with Gasteiger partial charge >= 0.3 is 5.97 Å². The minimum absolute atomic E-state index is 0.327. The predicted molar refractivity (Wildman–Crippen MR) is 81.9 cm³/mol. The molecule has 0 amide bonds. The van der Waals surface area contributed by atoms with Crippen LogP contribution in [0.4, 0.5) is 0 Å². The first-order valence-electron chi connectivity index (χ1n) is 8.10. The number of hydrogen-bond donors (Lipinski definition) is 1. The van der Waals surface area contributed by atoms with Crippen LogP contribution in [0.25, 0.3) is 0 Å². The van der Waals surface area contributed by atoms with Gasteiger partial charge in [-0.05, 0) is 12.8 Å². The van der Waals surface area contributed by atoms with Crippen molar-refractivity contribution in [2.45, 2.75) is 89.9 Å². The molecular weight excluding hydrogens is 236 g/mol. The summed E-state index contributed by atoms with van der Waals surface area (Å²) >= 11 is 0. The molecule has 0 aliphatic rings. The zero-order valence-corrected chi connectivity index (χ0v) is 12.5. The average Bonchev–Trinajstić information content (AvgIpc) is 2.39. The van der Waals surface area contributed by atoms with Crippen molar-refractivity contribution in [3.05, 3.63) is 13.3 Å². The number of rotatable bonds is 15. The van der Waals surface area contributed by atoms with Gasteiger partial charge in [-0.25, -0.2) is 0 Å². The Bertz CT molecular complexity index is 190. The zero-order chi connectivity index (χ0) is 14.2. The van der Waals surface area contributed by atoms with E-state index in [9.17, 15) is 4.79 Å². The average molecular weight is 268 g/mol. The van der Waals surface area contributed by atoms with Gasteiger partial charge in [-0.15, -0.1) is 0 Å². The highest BCUT2D eigenvalue weighted by Gasteiger charge is 1.97. The van der Waals surface area contributed by atoms with Gasteiger partial charge in [0.1, 0.15) is 0 Å². The largest absolute Gasteiger partial charge is 0.481 e. The maximum Gasteiger partial charge on any atom is 0.303 e. The van der Waals surface area contributed by atoms with Gasteiger partial charge in [-0.3, -0.25) is 4.79 Å². The van der Waals surface area contributed by atoms with Gasteiger partial charge < -0.3 is 5.11 Å². The second-order valence-corrected chi connectivity index (χ2v) is 5.40. The van der Waals surface area contributed by atoms with Gasteiger partial charge in [-0.2, -0.15) is 0 Å². The van der Waals surface area contributed by atoms with Crippen LogP contribution in [0.5, 0.6) is 0 Å². The minimum atomic E-state index is -0.667. The van der Waals surface area contributed by atoms with Crippen LogP contribution in [0.3, 0.4) is 0 Å². The first-order chi connectivity index (χ1) is 9.27. The molecule has 0 aromatic heterocycles. The summed E-state index contributed by atoms with van der Waals surface area (Å²) < 4.78 is 0. The Balaban J connectivity index is 2.93. The van der Waals surface area contributed by atoms with Crippen LogP contribution in [0.1, 0.15) is 89.9 Å². The minimum Gasteiger partial charge on any atom is -0.481 e. The standard InChI is InChI=1S/C17H32O2/c1-2-3-4-5-6-7-8-9-10-11-12-13-14-15-16-17(18)19/h11H,1-10,12-16H2,(H,18,19). The van der Waals surface area contributed by atoms with Crippen molar-refractivity contribution in [1.29, 1.82) is 0 Å². The summed E-state index contributed by atoms with van der Waals surface area (Å²) in [6.45, 7) is 3.86. The molecule has 1 N–H and O–H groups in total. The van der Waals surface area contributed by atoms with Gasteiger partial charge in [-0.1, -0.05) is 84.0 Å². The molecule has 19 heavy (non-hydrogen) atoms.